The summed E-state index contributed by atoms with van der Waals surface area (Å²) in [6, 6.07) is 29.7. The normalized spacial score (nSPS) is 12.6. The van der Waals surface area contributed by atoms with Crippen LogP contribution in [0.4, 0.5) is 26.3 Å². The van der Waals surface area contributed by atoms with E-state index >= 15 is 0 Å². The molecule has 5 aromatic rings. The summed E-state index contributed by atoms with van der Waals surface area (Å²) in [6.07, 6.45) is -2.04. The van der Waals surface area contributed by atoms with Gasteiger partial charge in [0.25, 0.3) is 0 Å². The van der Waals surface area contributed by atoms with E-state index in [9.17, 15) is 31.1 Å². The van der Waals surface area contributed by atoms with Crippen LogP contribution in [0.5, 0.6) is 11.5 Å². The monoisotopic (exact) mass is 640 g/mol. The second-order valence-electron chi connectivity index (χ2n) is 10.5. The molecule has 234 valence electrons. The van der Waals surface area contributed by atoms with E-state index < -0.39 is 29.6 Å². The number of rotatable bonds is 9. The van der Waals surface area contributed by atoms with Crippen molar-refractivity contribution < 1.29 is 40.6 Å². The van der Waals surface area contributed by atoms with Gasteiger partial charge in [-0.25, -0.2) is 0 Å². The lowest BCUT2D eigenvalue weighted by atomic mass is 9.67. The van der Waals surface area contributed by atoms with Gasteiger partial charge in [-0.05, 0) is 75.4 Å². The number of fused-ring (bicyclic) bond motifs is 3. The molecule has 9 heteroatoms. The standard InChI is InChI=1S/C38H22F6O3/c39-34(40)36(43)46-27-16-12-25(13-17-27)38(26-14-18-28(19-15-26)47-37(44)35(41)42)31-9-5-4-8-29(31)30-20-11-24(22-32(30)38)33(45)21-10-23-6-2-1-3-7-23/h1-22H. The number of carbonyl (C=O) groups is 1. The first kappa shape index (κ1) is 31.2. The highest BCUT2D eigenvalue weighted by molar-refractivity contribution is 6.07. The summed E-state index contributed by atoms with van der Waals surface area (Å²) in [5.41, 5.74) is 4.32. The number of carbonyl (C=O) groups excluding carboxylic acids is 1. The smallest absolute Gasteiger partial charge is 0.344 e. The van der Waals surface area contributed by atoms with Gasteiger partial charge < -0.3 is 9.47 Å². The summed E-state index contributed by atoms with van der Waals surface area (Å²) in [5, 5.41) is 0. The number of hydrogen-bond donors (Lipinski definition) is 0. The molecule has 0 unspecified atom stereocenters. The Kier molecular flexibility index (Phi) is 8.54. The molecule has 0 atom stereocenters. The molecule has 5 aromatic carbocycles. The molecule has 0 N–H and O–H groups in total. The van der Waals surface area contributed by atoms with Crippen LogP contribution in [-0.4, -0.2) is 5.78 Å². The minimum atomic E-state index is -2.61. The van der Waals surface area contributed by atoms with Crippen molar-refractivity contribution in [3.8, 4) is 22.6 Å². The lowest BCUT2D eigenvalue weighted by Crippen LogP contribution is -2.28. The van der Waals surface area contributed by atoms with E-state index in [4.69, 9.17) is 0 Å². The molecule has 47 heavy (non-hydrogen) atoms. The summed E-state index contributed by atoms with van der Waals surface area (Å²) in [7, 11) is 0. The molecule has 1 aliphatic carbocycles. The molecule has 0 heterocycles. The fraction of sp³-hybridized carbons (Fsp3) is 0.0263. The largest absolute Gasteiger partial charge is 0.428 e. The third-order valence-corrected chi connectivity index (χ3v) is 7.84. The van der Waals surface area contributed by atoms with E-state index in [1.807, 2.05) is 60.7 Å². The van der Waals surface area contributed by atoms with Gasteiger partial charge in [0.1, 0.15) is 11.5 Å². The number of ketones is 1. The molecule has 6 rings (SSSR count). The van der Waals surface area contributed by atoms with Gasteiger partial charge in [-0.15, -0.1) is 0 Å². The molecule has 1 aliphatic rings. The molecular weight excluding hydrogens is 618 g/mol. The maximum Gasteiger partial charge on any atom is 0.344 e. The van der Waals surface area contributed by atoms with Gasteiger partial charge in [0.05, 0.1) is 5.41 Å². The summed E-state index contributed by atoms with van der Waals surface area (Å²) >= 11 is 0. The van der Waals surface area contributed by atoms with Crippen LogP contribution in [0, 0.1) is 0 Å². The average Bonchev–Trinajstić information content (AvgIpc) is 3.38. The van der Waals surface area contributed by atoms with Crippen LogP contribution in [0.2, 0.25) is 0 Å². The zero-order chi connectivity index (χ0) is 33.1. The van der Waals surface area contributed by atoms with Gasteiger partial charge in [-0.1, -0.05) is 97.1 Å². The van der Waals surface area contributed by atoms with Gasteiger partial charge in [-0.3, -0.25) is 4.79 Å². The van der Waals surface area contributed by atoms with Crippen molar-refractivity contribution in [1.82, 2.24) is 0 Å². The molecule has 0 spiro atoms. The highest BCUT2D eigenvalue weighted by atomic mass is 19.3. The molecule has 0 aromatic heterocycles. The highest BCUT2D eigenvalue weighted by Gasteiger charge is 2.46. The number of benzene rings is 5. The quantitative estimate of drug-likeness (QED) is 0.0683. The molecule has 0 fully saturated rings. The molecular formula is C38H22F6O3. The predicted octanol–water partition coefficient (Wildman–Crippen LogP) is 10.8. The van der Waals surface area contributed by atoms with Crippen molar-refractivity contribution in [3.05, 3.63) is 185 Å². The van der Waals surface area contributed by atoms with E-state index in [1.165, 1.54) is 30.3 Å². The van der Waals surface area contributed by atoms with Crippen molar-refractivity contribution in [2.75, 3.05) is 0 Å². The Hall–Kier alpha value is -5.83. The molecule has 0 saturated heterocycles. The van der Waals surface area contributed by atoms with Crippen molar-refractivity contribution in [2.24, 2.45) is 0 Å². The maximum atomic E-state index is 13.6. The summed E-state index contributed by atoms with van der Waals surface area (Å²) in [6.45, 7) is 0. The van der Waals surface area contributed by atoms with Crippen molar-refractivity contribution in [3.63, 3.8) is 0 Å². The van der Waals surface area contributed by atoms with Gasteiger partial charge in [0.2, 0.25) is 0 Å². The third-order valence-electron chi connectivity index (χ3n) is 7.84. The number of halogens is 6. The van der Waals surface area contributed by atoms with E-state index in [2.05, 4.69) is 9.47 Å². The summed E-state index contributed by atoms with van der Waals surface area (Å²) in [4.78, 5) is 13.5. The SMILES string of the molecule is O=C(C=Cc1ccccc1)c1ccc2c(c1)C(c1ccc(OC(F)=C(F)F)cc1)(c1ccc(OC(F)=C(F)F)cc1)c1ccccc1-2. The zero-order valence-corrected chi connectivity index (χ0v) is 24.2. The van der Waals surface area contributed by atoms with Crippen molar-refractivity contribution >= 4 is 11.9 Å². The van der Waals surface area contributed by atoms with Crippen LogP contribution in [0.1, 0.15) is 38.2 Å². The van der Waals surface area contributed by atoms with E-state index in [1.54, 1.807) is 42.5 Å². The van der Waals surface area contributed by atoms with E-state index in [0.29, 0.717) is 22.3 Å². The Bertz CT molecular complexity index is 1970. The first-order chi connectivity index (χ1) is 22.7. The minimum absolute atomic E-state index is 0.185. The second-order valence-corrected chi connectivity index (χ2v) is 10.5. The van der Waals surface area contributed by atoms with Gasteiger partial charge >= 0.3 is 24.2 Å². The summed E-state index contributed by atoms with van der Waals surface area (Å²) in [5.74, 6) is -0.634. The minimum Gasteiger partial charge on any atom is -0.428 e. The Morgan fingerprint density at radius 2 is 1.06 bits per heavy atom. The first-order valence-electron chi connectivity index (χ1n) is 14.2. The van der Waals surface area contributed by atoms with Crippen molar-refractivity contribution in [2.45, 2.75) is 5.41 Å². The Morgan fingerprint density at radius 3 is 1.62 bits per heavy atom. The fourth-order valence-electron chi connectivity index (χ4n) is 5.88. The first-order valence-corrected chi connectivity index (χ1v) is 14.2. The third kappa shape index (κ3) is 5.95. The predicted molar refractivity (Wildman–Crippen MR) is 166 cm³/mol. The van der Waals surface area contributed by atoms with Gasteiger partial charge in [-0.2, -0.15) is 26.3 Å². The van der Waals surface area contributed by atoms with Crippen LogP contribution < -0.4 is 9.47 Å². The number of ether oxygens (including phenoxy) is 2. The highest BCUT2D eigenvalue weighted by Crippen LogP contribution is 2.56. The zero-order valence-electron chi connectivity index (χ0n) is 24.2. The Balaban J connectivity index is 1.54. The van der Waals surface area contributed by atoms with Crippen LogP contribution in [0.25, 0.3) is 17.2 Å². The molecule has 0 saturated carbocycles. The van der Waals surface area contributed by atoms with Crippen LogP contribution in [0.15, 0.2) is 152 Å². The van der Waals surface area contributed by atoms with Crippen LogP contribution >= 0.6 is 0 Å². The van der Waals surface area contributed by atoms with Crippen LogP contribution in [0.3, 0.4) is 0 Å². The molecule has 0 radical (unpaired) electrons. The average molecular weight is 641 g/mol. The van der Waals surface area contributed by atoms with E-state index in [-0.39, 0.29) is 17.3 Å². The maximum absolute atomic E-state index is 13.6. The lowest BCUT2D eigenvalue weighted by Gasteiger charge is -2.34. The summed E-state index contributed by atoms with van der Waals surface area (Å²) < 4.78 is 87.4. The van der Waals surface area contributed by atoms with Gasteiger partial charge in [0.15, 0.2) is 5.78 Å². The van der Waals surface area contributed by atoms with Gasteiger partial charge in [0, 0.05) is 5.56 Å². The number of hydrogen-bond acceptors (Lipinski definition) is 3. The lowest BCUT2D eigenvalue weighted by molar-refractivity contribution is 0.104. The van der Waals surface area contributed by atoms with Crippen molar-refractivity contribution in [1.29, 1.82) is 0 Å². The molecule has 0 aliphatic heterocycles. The second kappa shape index (κ2) is 12.9. The topological polar surface area (TPSA) is 35.5 Å². The van der Waals surface area contributed by atoms with E-state index in [0.717, 1.165) is 22.3 Å². The Morgan fingerprint density at radius 1 is 0.553 bits per heavy atom. The molecule has 3 nitrogen and oxygen atoms in total. The molecule has 0 bridgehead atoms. The Labute approximate surface area is 265 Å². The van der Waals surface area contributed by atoms with Crippen LogP contribution in [-0.2, 0) is 5.41 Å². The molecule has 0 amide bonds. The number of allylic oxidation sites excluding steroid dienone is 1. The fourth-order valence-corrected chi connectivity index (χ4v) is 5.88.